The lowest BCUT2D eigenvalue weighted by molar-refractivity contribution is -0.117. The summed E-state index contributed by atoms with van der Waals surface area (Å²) >= 11 is 0. The molecule has 0 saturated heterocycles. The summed E-state index contributed by atoms with van der Waals surface area (Å²) in [6, 6.07) is 13.6. The van der Waals surface area contributed by atoms with Gasteiger partial charge in [0.05, 0.1) is 12.2 Å². The number of nitrogens with two attached hydrogens (primary N) is 1. The van der Waals surface area contributed by atoms with Crippen molar-refractivity contribution in [3.8, 4) is 0 Å². The number of hydrogen-bond donors (Lipinski definition) is 2. The smallest absolute Gasteiger partial charge is 0.238 e. The first-order chi connectivity index (χ1) is 10.0. The molecule has 0 aromatic heterocycles. The first-order valence-electron chi connectivity index (χ1n) is 6.62. The van der Waals surface area contributed by atoms with Crippen LogP contribution in [0, 0.1) is 5.82 Å². The monoisotopic (exact) mass is 287 g/mol. The van der Waals surface area contributed by atoms with E-state index in [9.17, 15) is 9.18 Å². The van der Waals surface area contributed by atoms with E-state index in [0.717, 1.165) is 5.56 Å². The van der Waals surface area contributed by atoms with Crippen molar-refractivity contribution in [2.24, 2.45) is 0 Å². The van der Waals surface area contributed by atoms with Crippen molar-refractivity contribution in [3.63, 3.8) is 0 Å². The van der Waals surface area contributed by atoms with Gasteiger partial charge in [-0.3, -0.25) is 9.69 Å². The molecule has 3 N–H and O–H groups in total. The van der Waals surface area contributed by atoms with Crippen LogP contribution in [0.5, 0.6) is 0 Å². The molecule has 0 bridgehead atoms. The minimum Gasteiger partial charge on any atom is -0.399 e. The van der Waals surface area contributed by atoms with Crippen molar-refractivity contribution in [3.05, 3.63) is 59.9 Å². The van der Waals surface area contributed by atoms with Crippen LogP contribution in [0.1, 0.15) is 5.56 Å². The molecular weight excluding hydrogens is 269 g/mol. The molecule has 5 heteroatoms. The van der Waals surface area contributed by atoms with Crippen LogP contribution in [0.3, 0.4) is 0 Å². The number of nitrogens with one attached hydrogen (secondary N) is 1. The molecule has 0 atom stereocenters. The van der Waals surface area contributed by atoms with Crippen LogP contribution in [0.25, 0.3) is 0 Å². The van der Waals surface area contributed by atoms with E-state index < -0.39 is 5.82 Å². The Hall–Kier alpha value is -2.40. The van der Waals surface area contributed by atoms with Crippen molar-refractivity contribution in [2.75, 3.05) is 24.6 Å². The number of para-hydroxylation sites is 1. The number of nitrogen functional groups attached to an aromatic ring is 1. The number of hydrogen-bond acceptors (Lipinski definition) is 3. The van der Waals surface area contributed by atoms with Gasteiger partial charge in [-0.25, -0.2) is 4.39 Å². The summed E-state index contributed by atoms with van der Waals surface area (Å²) in [6.07, 6.45) is 0. The number of likely N-dealkylation sites (N-methyl/N-ethyl adjacent to an activating group) is 1. The van der Waals surface area contributed by atoms with Crippen LogP contribution in [0.4, 0.5) is 15.8 Å². The Balaban J connectivity index is 1.87. The Kier molecular flexibility index (Phi) is 4.90. The number of benzene rings is 2. The number of amides is 1. The molecule has 0 spiro atoms. The van der Waals surface area contributed by atoms with Gasteiger partial charge in [-0.2, -0.15) is 0 Å². The first-order valence-corrected chi connectivity index (χ1v) is 6.62. The number of carbonyl (C=O) groups excluding carboxylic acids is 1. The normalized spacial score (nSPS) is 10.6. The summed E-state index contributed by atoms with van der Waals surface area (Å²) in [5.74, 6) is -0.690. The molecule has 0 aliphatic carbocycles. The Morgan fingerprint density at radius 2 is 1.86 bits per heavy atom. The van der Waals surface area contributed by atoms with Crippen LogP contribution in [-0.4, -0.2) is 24.4 Å². The maximum Gasteiger partial charge on any atom is 0.238 e. The molecule has 21 heavy (non-hydrogen) atoms. The fraction of sp³-hybridized carbons (Fsp3) is 0.188. The number of carbonyl (C=O) groups is 1. The third-order valence-corrected chi connectivity index (χ3v) is 2.99. The topological polar surface area (TPSA) is 58.4 Å². The third-order valence-electron chi connectivity index (χ3n) is 2.99. The molecule has 0 fully saturated rings. The van der Waals surface area contributed by atoms with E-state index in [-0.39, 0.29) is 18.1 Å². The van der Waals surface area contributed by atoms with Gasteiger partial charge in [-0.1, -0.05) is 24.3 Å². The second kappa shape index (κ2) is 6.85. The SMILES string of the molecule is CN(CC(=O)Nc1ccccc1F)Cc1ccc(N)cc1. The van der Waals surface area contributed by atoms with E-state index in [1.807, 2.05) is 36.2 Å². The second-order valence-corrected chi connectivity index (χ2v) is 4.94. The van der Waals surface area contributed by atoms with Crippen molar-refractivity contribution in [2.45, 2.75) is 6.54 Å². The minimum atomic E-state index is -0.438. The van der Waals surface area contributed by atoms with Gasteiger partial charge in [-0.05, 0) is 36.9 Å². The van der Waals surface area contributed by atoms with E-state index in [1.165, 1.54) is 12.1 Å². The summed E-state index contributed by atoms with van der Waals surface area (Å²) in [5.41, 5.74) is 7.59. The first kappa shape index (κ1) is 15.0. The van der Waals surface area contributed by atoms with Crippen molar-refractivity contribution < 1.29 is 9.18 Å². The van der Waals surface area contributed by atoms with Gasteiger partial charge in [0.2, 0.25) is 5.91 Å². The number of halogens is 1. The van der Waals surface area contributed by atoms with Gasteiger partial charge >= 0.3 is 0 Å². The van der Waals surface area contributed by atoms with Crippen molar-refractivity contribution >= 4 is 17.3 Å². The van der Waals surface area contributed by atoms with Crippen molar-refractivity contribution in [1.29, 1.82) is 0 Å². The molecule has 0 heterocycles. The van der Waals surface area contributed by atoms with Gasteiger partial charge in [0.15, 0.2) is 0 Å². The van der Waals surface area contributed by atoms with Gasteiger partial charge in [0.25, 0.3) is 0 Å². The number of anilines is 2. The molecule has 2 aromatic carbocycles. The lowest BCUT2D eigenvalue weighted by Crippen LogP contribution is -2.30. The summed E-state index contributed by atoms with van der Waals surface area (Å²) in [7, 11) is 1.83. The molecule has 0 aliphatic heterocycles. The van der Waals surface area contributed by atoms with Crippen LogP contribution in [0.15, 0.2) is 48.5 Å². The predicted octanol–water partition coefficient (Wildman–Crippen LogP) is 2.48. The predicted molar refractivity (Wildman–Crippen MR) is 82.2 cm³/mol. The largest absolute Gasteiger partial charge is 0.399 e. The second-order valence-electron chi connectivity index (χ2n) is 4.94. The Morgan fingerprint density at radius 1 is 1.19 bits per heavy atom. The van der Waals surface area contributed by atoms with Crippen LogP contribution in [0.2, 0.25) is 0 Å². The highest BCUT2D eigenvalue weighted by molar-refractivity contribution is 5.92. The number of nitrogens with zero attached hydrogens (tertiary/aromatic N) is 1. The summed E-state index contributed by atoms with van der Waals surface area (Å²) in [5, 5.41) is 2.56. The molecule has 4 nitrogen and oxygen atoms in total. The minimum absolute atomic E-state index is 0.179. The van der Waals surface area contributed by atoms with Crippen LogP contribution >= 0.6 is 0 Å². The molecule has 2 rings (SSSR count). The maximum absolute atomic E-state index is 13.4. The average molecular weight is 287 g/mol. The molecule has 1 amide bonds. The zero-order chi connectivity index (χ0) is 15.2. The van der Waals surface area contributed by atoms with E-state index in [2.05, 4.69) is 5.32 Å². The molecule has 110 valence electrons. The van der Waals surface area contributed by atoms with Gasteiger partial charge in [-0.15, -0.1) is 0 Å². The highest BCUT2D eigenvalue weighted by Crippen LogP contribution is 2.12. The zero-order valence-electron chi connectivity index (χ0n) is 11.8. The summed E-state index contributed by atoms with van der Waals surface area (Å²) in [4.78, 5) is 13.7. The molecule has 0 radical (unpaired) electrons. The molecule has 0 aliphatic rings. The maximum atomic E-state index is 13.4. The van der Waals surface area contributed by atoms with Crippen LogP contribution < -0.4 is 11.1 Å². The van der Waals surface area contributed by atoms with Crippen LogP contribution in [-0.2, 0) is 11.3 Å². The van der Waals surface area contributed by atoms with Gasteiger partial charge in [0.1, 0.15) is 5.82 Å². The highest BCUT2D eigenvalue weighted by atomic mass is 19.1. The lowest BCUT2D eigenvalue weighted by Gasteiger charge is -2.16. The fourth-order valence-electron chi connectivity index (χ4n) is 1.99. The molecule has 0 unspecified atom stereocenters. The lowest BCUT2D eigenvalue weighted by atomic mass is 10.2. The van der Waals surface area contributed by atoms with E-state index in [0.29, 0.717) is 12.2 Å². The average Bonchev–Trinajstić information content (AvgIpc) is 2.44. The zero-order valence-corrected chi connectivity index (χ0v) is 11.8. The summed E-state index contributed by atoms with van der Waals surface area (Å²) in [6.45, 7) is 0.795. The Labute approximate surface area is 123 Å². The van der Waals surface area contributed by atoms with Gasteiger partial charge < -0.3 is 11.1 Å². The highest BCUT2D eigenvalue weighted by Gasteiger charge is 2.09. The standard InChI is InChI=1S/C16H18FN3O/c1-20(10-12-6-8-13(18)9-7-12)11-16(21)19-15-5-3-2-4-14(15)17/h2-9H,10-11,18H2,1H3,(H,19,21). The molecule has 2 aromatic rings. The third kappa shape index (κ3) is 4.57. The fourth-order valence-corrected chi connectivity index (χ4v) is 1.99. The van der Waals surface area contributed by atoms with E-state index >= 15 is 0 Å². The van der Waals surface area contributed by atoms with E-state index in [1.54, 1.807) is 12.1 Å². The molecular formula is C16H18FN3O. The quantitative estimate of drug-likeness (QED) is 0.831. The van der Waals surface area contributed by atoms with Crippen molar-refractivity contribution in [1.82, 2.24) is 4.90 Å². The van der Waals surface area contributed by atoms with E-state index in [4.69, 9.17) is 5.73 Å². The van der Waals surface area contributed by atoms with Gasteiger partial charge in [0, 0.05) is 12.2 Å². The summed E-state index contributed by atoms with van der Waals surface area (Å²) < 4.78 is 13.4. The Bertz CT molecular complexity index is 613. The molecule has 0 saturated carbocycles. The Morgan fingerprint density at radius 3 is 2.52 bits per heavy atom. The number of rotatable bonds is 5.